The molecule has 34 heavy (non-hydrogen) atoms. The minimum atomic E-state index is -3.86. The molecular formula is C23H29Cl2N3O5S. The molecule has 2 rings (SSSR count). The number of halogens is 2. The van der Waals surface area contributed by atoms with E-state index < -0.39 is 28.5 Å². The molecule has 1 N–H and O–H groups in total. The summed E-state index contributed by atoms with van der Waals surface area (Å²) in [6, 6.07) is 10.3. The summed E-state index contributed by atoms with van der Waals surface area (Å²) in [4.78, 5) is 27.5. The van der Waals surface area contributed by atoms with E-state index in [2.05, 4.69) is 5.32 Å². The number of sulfonamides is 1. The number of nitrogens with zero attached hydrogens (tertiary/aromatic N) is 2. The lowest BCUT2D eigenvalue weighted by molar-refractivity contribution is -0.139. The molecule has 0 aromatic heterocycles. The third kappa shape index (κ3) is 7.51. The molecule has 0 bridgehead atoms. The summed E-state index contributed by atoms with van der Waals surface area (Å²) < 4.78 is 31.2. The predicted octanol–water partition coefficient (Wildman–Crippen LogP) is 3.71. The Kier molecular flexibility index (Phi) is 9.61. The summed E-state index contributed by atoms with van der Waals surface area (Å²) in [6.45, 7) is 4.75. The van der Waals surface area contributed by atoms with Crippen LogP contribution in [0.15, 0.2) is 42.5 Å². The molecule has 0 heterocycles. The molecule has 8 nitrogen and oxygen atoms in total. The lowest BCUT2D eigenvalue weighted by Gasteiger charge is -2.32. The molecule has 0 spiro atoms. The zero-order chi connectivity index (χ0) is 25.6. The van der Waals surface area contributed by atoms with Crippen molar-refractivity contribution in [1.82, 2.24) is 10.2 Å². The van der Waals surface area contributed by atoms with Gasteiger partial charge < -0.3 is 15.0 Å². The second-order valence-corrected chi connectivity index (χ2v) is 10.8. The van der Waals surface area contributed by atoms with Crippen LogP contribution in [0.5, 0.6) is 5.75 Å². The third-order valence-corrected chi connectivity index (χ3v) is 6.61. The molecule has 2 aromatic carbocycles. The summed E-state index contributed by atoms with van der Waals surface area (Å²) in [5, 5.41) is 3.47. The molecule has 0 aliphatic rings. The van der Waals surface area contributed by atoms with Crippen molar-refractivity contribution in [1.29, 1.82) is 0 Å². The van der Waals surface area contributed by atoms with Crippen molar-refractivity contribution in [2.75, 3.05) is 24.2 Å². The first-order chi connectivity index (χ1) is 15.8. The van der Waals surface area contributed by atoms with Crippen molar-refractivity contribution < 1.29 is 22.7 Å². The summed E-state index contributed by atoms with van der Waals surface area (Å²) in [5.41, 5.74) is 0.895. The molecule has 0 saturated heterocycles. The molecule has 0 unspecified atom stereocenters. The summed E-state index contributed by atoms with van der Waals surface area (Å²) in [5.74, 6) is -0.556. The van der Waals surface area contributed by atoms with Crippen LogP contribution in [-0.2, 0) is 26.2 Å². The van der Waals surface area contributed by atoms with Crippen LogP contribution in [0.1, 0.15) is 26.3 Å². The number of carbonyl (C=O) groups is 2. The molecule has 186 valence electrons. The Balaban J connectivity index is 2.42. The smallest absolute Gasteiger partial charge is 0.244 e. The van der Waals surface area contributed by atoms with Gasteiger partial charge in [-0.15, -0.1) is 0 Å². The van der Waals surface area contributed by atoms with E-state index in [0.29, 0.717) is 16.3 Å². The number of amides is 2. The van der Waals surface area contributed by atoms with Crippen LogP contribution in [0, 0.1) is 0 Å². The zero-order valence-electron chi connectivity index (χ0n) is 19.7. The molecule has 2 aromatic rings. The van der Waals surface area contributed by atoms with Gasteiger partial charge in [-0.3, -0.25) is 13.9 Å². The van der Waals surface area contributed by atoms with Gasteiger partial charge in [0.15, 0.2) is 0 Å². The number of nitrogens with one attached hydrogen (secondary N) is 1. The van der Waals surface area contributed by atoms with Gasteiger partial charge in [0.25, 0.3) is 0 Å². The van der Waals surface area contributed by atoms with Crippen molar-refractivity contribution in [3.05, 3.63) is 58.1 Å². The van der Waals surface area contributed by atoms with E-state index in [1.54, 1.807) is 31.2 Å². The predicted molar refractivity (Wildman–Crippen MR) is 135 cm³/mol. The Morgan fingerprint density at radius 2 is 1.76 bits per heavy atom. The number of hydrogen-bond acceptors (Lipinski definition) is 5. The van der Waals surface area contributed by atoms with E-state index in [1.165, 1.54) is 30.2 Å². The number of methoxy groups -OCH3 is 1. The van der Waals surface area contributed by atoms with E-state index in [0.717, 1.165) is 10.6 Å². The van der Waals surface area contributed by atoms with Crippen LogP contribution in [0.3, 0.4) is 0 Å². The Morgan fingerprint density at radius 1 is 1.09 bits per heavy atom. The Labute approximate surface area is 210 Å². The van der Waals surface area contributed by atoms with Crippen LogP contribution >= 0.6 is 23.2 Å². The van der Waals surface area contributed by atoms with Gasteiger partial charge in [-0.1, -0.05) is 35.3 Å². The van der Waals surface area contributed by atoms with Gasteiger partial charge in [-0.2, -0.15) is 0 Å². The van der Waals surface area contributed by atoms with Crippen LogP contribution in [0.4, 0.5) is 5.69 Å². The van der Waals surface area contributed by atoms with Crippen molar-refractivity contribution in [2.45, 2.75) is 39.4 Å². The number of anilines is 1. The first kappa shape index (κ1) is 27.8. The van der Waals surface area contributed by atoms with Crippen LogP contribution in [-0.4, -0.2) is 57.1 Å². The van der Waals surface area contributed by atoms with Gasteiger partial charge in [-0.05, 0) is 56.7 Å². The van der Waals surface area contributed by atoms with E-state index in [4.69, 9.17) is 27.9 Å². The highest BCUT2D eigenvalue weighted by Crippen LogP contribution is 2.30. The number of benzene rings is 2. The number of hydrogen-bond donors (Lipinski definition) is 1. The highest BCUT2D eigenvalue weighted by atomic mass is 35.5. The topological polar surface area (TPSA) is 96.0 Å². The van der Waals surface area contributed by atoms with Crippen molar-refractivity contribution in [2.24, 2.45) is 0 Å². The van der Waals surface area contributed by atoms with Crippen molar-refractivity contribution in [3.8, 4) is 5.75 Å². The highest BCUT2D eigenvalue weighted by molar-refractivity contribution is 7.92. The molecule has 0 aliphatic carbocycles. The van der Waals surface area contributed by atoms with Crippen molar-refractivity contribution in [3.63, 3.8) is 0 Å². The second-order valence-electron chi connectivity index (χ2n) is 8.08. The largest absolute Gasteiger partial charge is 0.495 e. The fraction of sp³-hybridized carbons (Fsp3) is 0.391. The van der Waals surface area contributed by atoms with E-state index in [9.17, 15) is 18.0 Å². The van der Waals surface area contributed by atoms with E-state index >= 15 is 0 Å². The monoisotopic (exact) mass is 529 g/mol. The molecule has 2 amide bonds. The zero-order valence-corrected chi connectivity index (χ0v) is 22.0. The minimum absolute atomic E-state index is 0.0625. The maximum Gasteiger partial charge on any atom is 0.244 e. The molecular weight excluding hydrogens is 501 g/mol. The van der Waals surface area contributed by atoms with Gasteiger partial charge in [-0.25, -0.2) is 8.42 Å². The lowest BCUT2D eigenvalue weighted by atomic mass is 10.1. The maximum atomic E-state index is 13.5. The molecule has 0 saturated carbocycles. The van der Waals surface area contributed by atoms with Crippen molar-refractivity contribution >= 4 is 50.7 Å². The SMILES string of the molecule is COc1ccc(N(CC(=O)N(Cc2cccc(Cl)c2)[C@@H](C)C(=O)NC(C)C)S(C)(=O)=O)cc1Cl. The Morgan fingerprint density at radius 3 is 2.29 bits per heavy atom. The fourth-order valence-corrected chi connectivity index (χ4v) is 4.55. The van der Waals surface area contributed by atoms with Gasteiger partial charge >= 0.3 is 0 Å². The highest BCUT2D eigenvalue weighted by Gasteiger charge is 2.30. The Hall–Kier alpha value is -2.49. The van der Waals surface area contributed by atoms with Gasteiger partial charge in [0, 0.05) is 17.6 Å². The average Bonchev–Trinajstić information content (AvgIpc) is 2.74. The standard InChI is InChI=1S/C23H29Cl2N3O5S/c1-15(2)26-23(30)16(3)27(13-17-7-6-8-18(24)11-17)22(29)14-28(34(5,31)32)19-9-10-21(33-4)20(25)12-19/h6-12,15-16H,13-14H2,1-5H3,(H,26,30)/t16-/m0/s1. The lowest BCUT2D eigenvalue weighted by Crippen LogP contribution is -2.52. The Bertz CT molecular complexity index is 1140. The minimum Gasteiger partial charge on any atom is -0.495 e. The third-order valence-electron chi connectivity index (χ3n) is 4.94. The molecule has 0 radical (unpaired) electrons. The normalized spacial score (nSPS) is 12.2. The molecule has 1 atom stereocenters. The first-order valence-corrected chi connectivity index (χ1v) is 13.1. The fourth-order valence-electron chi connectivity index (χ4n) is 3.24. The number of carbonyl (C=O) groups excluding carboxylic acids is 2. The van der Waals surface area contributed by atoms with E-state index in [-0.39, 0.29) is 29.2 Å². The molecule has 0 aliphatic heterocycles. The second kappa shape index (κ2) is 11.8. The number of ether oxygens (including phenoxy) is 1. The summed E-state index contributed by atoms with van der Waals surface area (Å²) >= 11 is 12.3. The summed E-state index contributed by atoms with van der Waals surface area (Å²) in [7, 11) is -2.42. The average molecular weight is 530 g/mol. The van der Waals surface area contributed by atoms with Gasteiger partial charge in [0.05, 0.1) is 24.1 Å². The van der Waals surface area contributed by atoms with E-state index in [1.807, 2.05) is 13.8 Å². The van der Waals surface area contributed by atoms with Crippen LogP contribution in [0.2, 0.25) is 10.0 Å². The first-order valence-electron chi connectivity index (χ1n) is 10.5. The summed E-state index contributed by atoms with van der Waals surface area (Å²) in [6.07, 6.45) is 0.995. The molecule has 11 heteroatoms. The number of rotatable bonds is 10. The van der Waals surface area contributed by atoms with Crippen LogP contribution < -0.4 is 14.4 Å². The van der Waals surface area contributed by atoms with Gasteiger partial charge in [0.2, 0.25) is 21.8 Å². The van der Waals surface area contributed by atoms with Crippen LogP contribution in [0.25, 0.3) is 0 Å². The maximum absolute atomic E-state index is 13.5. The quantitative estimate of drug-likeness (QED) is 0.506. The van der Waals surface area contributed by atoms with Gasteiger partial charge in [0.1, 0.15) is 18.3 Å². The molecule has 0 fully saturated rings.